The number of piperidine rings is 1. The molecule has 110 valence electrons. The first kappa shape index (κ1) is 13.8. The molecule has 3 aliphatic rings. The Balaban J connectivity index is 1.58. The second-order valence-corrected chi connectivity index (χ2v) is 6.90. The molecule has 1 aliphatic carbocycles. The maximum atomic E-state index is 9.14. The van der Waals surface area contributed by atoms with Crippen molar-refractivity contribution in [3.63, 3.8) is 0 Å². The molecule has 19 heavy (non-hydrogen) atoms. The second kappa shape index (κ2) is 6.11. The minimum Gasteiger partial charge on any atom is -0.396 e. The summed E-state index contributed by atoms with van der Waals surface area (Å²) in [6.07, 6.45) is 11.4. The van der Waals surface area contributed by atoms with E-state index in [4.69, 9.17) is 9.84 Å². The van der Waals surface area contributed by atoms with Crippen LogP contribution in [0.3, 0.4) is 0 Å². The van der Waals surface area contributed by atoms with E-state index in [1.54, 1.807) is 0 Å². The Morgan fingerprint density at radius 3 is 2.79 bits per heavy atom. The summed E-state index contributed by atoms with van der Waals surface area (Å²) in [5.41, 5.74) is 0.243. The summed E-state index contributed by atoms with van der Waals surface area (Å²) in [6.45, 7) is 3.80. The lowest BCUT2D eigenvalue weighted by Gasteiger charge is -2.45. The van der Waals surface area contributed by atoms with Crippen LogP contribution in [0.15, 0.2) is 0 Å². The van der Waals surface area contributed by atoms with Crippen molar-refractivity contribution < 1.29 is 9.84 Å². The third-order valence-corrected chi connectivity index (χ3v) is 5.59. The molecule has 0 radical (unpaired) electrons. The van der Waals surface area contributed by atoms with Crippen LogP contribution in [0.1, 0.15) is 57.8 Å². The molecular weight excluding hydrogens is 238 g/mol. The molecule has 1 saturated carbocycles. The highest BCUT2D eigenvalue weighted by Crippen LogP contribution is 2.41. The van der Waals surface area contributed by atoms with Crippen LogP contribution in [0.2, 0.25) is 0 Å². The highest BCUT2D eigenvalue weighted by atomic mass is 16.5. The Labute approximate surface area is 117 Å². The van der Waals surface area contributed by atoms with Crippen molar-refractivity contribution in [2.75, 3.05) is 26.3 Å². The van der Waals surface area contributed by atoms with E-state index in [0.29, 0.717) is 6.61 Å². The molecule has 2 unspecified atom stereocenters. The summed E-state index contributed by atoms with van der Waals surface area (Å²) in [5, 5.41) is 9.14. The van der Waals surface area contributed by atoms with Crippen LogP contribution in [-0.2, 0) is 4.74 Å². The van der Waals surface area contributed by atoms with Gasteiger partial charge in [0.2, 0.25) is 0 Å². The smallest absolute Gasteiger partial charge is 0.0697 e. The minimum atomic E-state index is 0.243. The predicted octanol–water partition coefficient (Wildman–Crippen LogP) is 2.57. The van der Waals surface area contributed by atoms with E-state index in [-0.39, 0.29) is 5.60 Å². The zero-order valence-electron chi connectivity index (χ0n) is 12.1. The SMILES string of the molecule is OCCC1CCCN(C2CCOC3(CCCC3)C2)C1. The van der Waals surface area contributed by atoms with Crippen molar-refractivity contribution >= 4 is 0 Å². The van der Waals surface area contributed by atoms with Crippen LogP contribution in [-0.4, -0.2) is 48.0 Å². The van der Waals surface area contributed by atoms with Crippen molar-refractivity contribution in [2.24, 2.45) is 5.92 Å². The lowest BCUT2D eigenvalue weighted by molar-refractivity contribution is -0.106. The number of aliphatic hydroxyl groups is 1. The van der Waals surface area contributed by atoms with Crippen molar-refractivity contribution in [2.45, 2.75) is 69.4 Å². The van der Waals surface area contributed by atoms with Gasteiger partial charge in [-0.2, -0.15) is 0 Å². The summed E-state index contributed by atoms with van der Waals surface area (Å²) < 4.78 is 6.16. The van der Waals surface area contributed by atoms with E-state index in [1.807, 2.05) is 0 Å². The summed E-state index contributed by atoms with van der Waals surface area (Å²) in [4.78, 5) is 2.71. The van der Waals surface area contributed by atoms with E-state index in [1.165, 1.54) is 64.5 Å². The molecule has 0 amide bonds. The number of hydrogen-bond donors (Lipinski definition) is 1. The van der Waals surface area contributed by atoms with Gasteiger partial charge in [-0.1, -0.05) is 12.8 Å². The highest BCUT2D eigenvalue weighted by molar-refractivity contribution is 4.95. The topological polar surface area (TPSA) is 32.7 Å². The molecule has 2 saturated heterocycles. The van der Waals surface area contributed by atoms with E-state index in [0.717, 1.165) is 25.0 Å². The lowest BCUT2D eigenvalue weighted by Crippen LogP contribution is -2.50. The fourth-order valence-corrected chi connectivity index (χ4v) is 4.53. The number of likely N-dealkylation sites (tertiary alicyclic amines) is 1. The van der Waals surface area contributed by atoms with Crippen LogP contribution in [0.25, 0.3) is 0 Å². The maximum absolute atomic E-state index is 9.14. The van der Waals surface area contributed by atoms with Crippen LogP contribution < -0.4 is 0 Å². The monoisotopic (exact) mass is 267 g/mol. The summed E-state index contributed by atoms with van der Waals surface area (Å²) in [5.74, 6) is 0.723. The fraction of sp³-hybridized carbons (Fsp3) is 1.00. The first-order valence-electron chi connectivity index (χ1n) is 8.30. The van der Waals surface area contributed by atoms with Gasteiger partial charge in [0.05, 0.1) is 5.60 Å². The van der Waals surface area contributed by atoms with Crippen molar-refractivity contribution in [3.8, 4) is 0 Å². The van der Waals surface area contributed by atoms with Crippen LogP contribution in [0.4, 0.5) is 0 Å². The van der Waals surface area contributed by atoms with E-state index in [9.17, 15) is 0 Å². The van der Waals surface area contributed by atoms with Crippen LogP contribution in [0.5, 0.6) is 0 Å². The normalized spacial score (nSPS) is 35.8. The van der Waals surface area contributed by atoms with Gasteiger partial charge in [0.1, 0.15) is 0 Å². The fourth-order valence-electron chi connectivity index (χ4n) is 4.53. The first-order chi connectivity index (χ1) is 9.31. The van der Waals surface area contributed by atoms with E-state index < -0.39 is 0 Å². The van der Waals surface area contributed by atoms with Gasteiger partial charge in [0.25, 0.3) is 0 Å². The van der Waals surface area contributed by atoms with Gasteiger partial charge >= 0.3 is 0 Å². The largest absolute Gasteiger partial charge is 0.396 e. The lowest BCUT2D eigenvalue weighted by atomic mass is 9.86. The van der Waals surface area contributed by atoms with E-state index >= 15 is 0 Å². The average molecular weight is 267 g/mol. The zero-order valence-corrected chi connectivity index (χ0v) is 12.1. The molecule has 2 aliphatic heterocycles. The van der Waals surface area contributed by atoms with Gasteiger partial charge in [-0.15, -0.1) is 0 Å². The molecule has 0 aromatic rings. The summed E-state index contributed by atoms with van der Waals surface area (Å²) >= 11 is 0. The summed E-state index contributed by atoms with van der Waals surface area (Å²) in [6, 6.07) is 0.744. The Morgan fingerprint density at radius 2 is 2.00 bits per heavy atom. The molecule has 3 nitrogen and oxygen atoms in total. The quantitative estimate of drug-likeness (QED) is 0.853. The Hall–Kier alpha value is -0.120. The van der Waals surface area contributed by atoms with Gasteiger partial charge < -0.3 is 9.84 Å². The highest BCUT2D eigenvalue weighted by Gasteiger charge is 2.41. The van der Waals surface area contributed by atoms with Crippen LogP contribution >= 0.6 is 0 Å². The minimum absolute atomic E-state index is 0.243. The molecule has 3 fully saturated rings. The third kappa shape index (κ3) is 3.14. The molecule has 3 rings (SSSR count). The number of rotatable bonds is 3. The van der Waals surface area contributed by atoms with Gasteiger partial charge in [-0.05, 0) is 57.4 Å². The first-order valence-corrected chi connectivity index (χ1v) is 8.30. The third-order valence-electron chi connectivity index (χ3n) is 5.59. The molecule has 0 bridgehead atoms. The number of nitrogens with zero attached hydrogens (tertiary/aromatic N) is 1. The second-order valence-electron chi connectivity index (χ2n) is 6.90. The molecule has 2 heterocycles. The molecule has 0 aromatic carbocycles. The zero-order chi connectivity index (χ0) is 13.1. The van der Waals surface area contributed by atoms with E-state index in [2.05, 4.69) is 4.90 Å². The van der Waals surface area contributed by atoms with Crippen molar-refractivity contribution in [1.82, 2.24) is 4.90 Å². The standard InChI is InChI=1S/C16H29NO2/c18-10-5-14-4-3-9-17(13-14)15-6-11-19-16(12-15)7-1-2-8-16/h14-15,18H,1-13H2. The van der Waals surface area contributed by atoms with Crippen molar-refractivity contribution in [3.05, 3.63) is 0 Å². The van der Waals surface area contributed by atoms with Gasteiger partial charge in [0, 0.05) is 25.8 Å². The average Bonchev–Trinajstić information content (AvgIpc) is 2.87. The number of hydrogen-bond acceptors (Lipinski definition) is 3. The molecule has 1 N–H and O–H groups in total. The Kier molecular flexibility index (Phi) is 4.45. The number of aliphatic hydroxyl groups excluding tert-OH is 1. The maximum Gasteiger partial charge on any atom is 0.0697 e. The number of ether oxygens (including phenoxy) is 1. The Bertz CT molecular complexity index is 286. The van der Waals surface area contributed by atoms with Crippen LogP contribution in [0, 0.1) is 5.92 Å². The molecule has 2 atom stereocenters. The molecule has 0 aromatic heterocycles. The van der Waals surface area contributed by atoms with Gasteiger partial charge in [-0.3, -0.25) is 4.90 Å². The molecule has 3 heteroatoms. The Morgan fingerprint density at radius 1 is 1.16 bits per heavy atom. The predicted molar refractivity (Wildman–Crippen MR) is 76.2 cm³/mol. The van der Waals surface area contributed by atoms with Gasteiger partial charge in [-0.25, -0.2) is 0 Å². The summed E-state index contributed by atoms with van der Waals surface area (Å²) in [7, 11) is 0. The molecular formula is C16H29NO2. The van der Waals surface area contributed by atoms with Crippen molar-refractivity contribution in [1.29, 1.82) is 0 Å². The molecule has 1 spiro atoms. The van der Waals surface area contributed by atoms with Gasteiger partial charge in [0.15, 0.2) is 0 Å².